The van der Waals surface area contributed by atoms with Crippen LogP contribution < -0.4 is 10.2 Å². The molecule has 20 heavy (non-hydrogen) atoms. The highest BCUT2D eigenvalue weighted by molar-refractivity contribution is 5.59. The Hall–Kier alpha value is -1.32. The summed E-state index contributed by atoms with van der Waals surface area (Å²) in [5, 5.41) is 3.46. The van der Waals surface area contributed by atoms with E-state index in [1.54, 1.807) is 6.33 Å². The van der Waals surface area contributed by atoms with Gasteiger partial charge in [-0.05, 0) is 31.6 Å². The fourth-order valence-electron chi connectivity index (χ4n) is 2.93. The molecule has 0 spiro atoms. The van der Waals surface area contributed by atoms with Gasteiger partial charge in [0.05, 0.1) is 0 Å². The molecule has 0 amide bonds. The monoisotopic (exact) mass is 276 g/mol. The van der Waals surface area contributed by atoms with Crippen molar-refractivity contribution in [2.75, 3.05) is 29.9 Å². The Bertz CT molecular complexity index is 419. The Labute approximate surface area is 123 Å². The third kappa shape index (κ3) is 3.62. The molecular weight excluding hydrogens is 248 g/mol. The highest BCUT2D eigenvalue weighted by Crippen LogP contribution is 2.28. The van der Waals surface area contributed by atoms with E-state index < -0.39 is 0 Å². The summed E-state index contributed by atoms with van der Waals surface area (Å²) >= 11 is 0. The first-order chi connectivity index (χ1) is 9.76. The van der Waals surface area contributed by atoms with E-state index in [9.17, 15) is 0 Å². The summed E-state index contributed by atoms with van der Waals surface area (Å²) < 4.78 is 0. The maximum Gasteiger partial charge on any atom is 0.137 e. The summed E-state index contributed by atoms with van der Waals surface area (Å²) in [6.45, 7) is 9.97. The molecule has 4 heteroatoms. The lowest BCUT2D eigenvalue weighted by Crippen LogP contribution is -2.35. The molecule has 1 unspecified atom stereocenters. The van der Waals surface area contributed by atoms with Gasteiger partial charge in [0.2, 0.25) is 0 Å². The molecular formula is C16H28N4. The van der Waals surface area contributed by atoms with Gasteiger partial charge >= 0.3 is 0 Å². The quantitative estimate of drug-likeness (QED) is 0.863. The van der Waals surface area contributed by atoms with E-state index in [1.165, 1.54) is 18.4 Å². The van der Waals surface area contributed by atoms with Gasteiger partial charge in [0.25, 0.3) is 0 Å². The van der Waals surface area contributed by atoms with E-state index in [4.69, 9.17) is 0 Å². The molecule has 1 atom stereocenters. The molecule has 1 saturated heterocycles. The first-order valence-corrected chi connectivity index (χ1v) is 8.08. The number of aromatic nitrogens is 2. The van der Waals surface area contributed by atoms with Crippen LogP contribution in [0.15, 0.2) is 6.33 Å². The lowest BCUT2D eigenvalue weighted by atomic mass is 9.99. The maximum absolute atomic E-state index is 4.60. The van der Waals surface area contributed by atoms with E-state index >= 15 is 0 Å². The van der Waals surface area contributed by atoms with Crippen LogP contribution in [0, 0.1) is 5.92 Å². The van der Waals surface area contributed by atoms with Crippen LogP contribution in [0.3, 0.4) is 0 Å². The topological polar surface area (TPSA) is 41.1 Å². The van der Waals surface area contributed by atoms with Gasteiger partial charge in [0, 0.05) is 25.2 Å². The number of rotatable bonds is 6. The molecule has 112 valence electrons. The van der Waals surface area contributed by atoms with Crippen LogP contribution in [-0.2, 0) is 6.42 Å². The molecule has 0 bridgehead atoms. The molecule has 0 radical (unpaired) electrons. The summed E-state index contributed by atoms with van der Waals surface area (Å²) in [5.41, 5.74) is 1.30. The lowest BCUT2D eigenvalue weighted by molar-refractivity contribution is 0.443. The molecule has 0 aromatic carbocycles. The number of nitrogens with zero attached hydrogens (tertiary/aromatic N) is 3. The Morgan fingerprint density at radius 1 is 1.30 bits per heavy atom. The minimum Gasteiger partial charge on any atom is -0.370 e. The van der Waals surface area contributed by atoms with Crippen LogP contribution >= 0.6 is 0 Å². The average Bonchev–Trinajstić information content (AvgIpc) is 2.46. The van der Waals surface area contributed by atoms with Gasteiger partial charge in [-0.3, -0.25) is 0 Å². The number of hydrogen-bond donors (Lipinski definition) is 1. The minimum absolute atomic E-state index is 0.764. The van der Waals surface area contributed by atoms with E-state index in [-0.39, 0.29) is 0 Å². The average molecular weight is 276 g/mol. The van der Waals surface area contributed by atoms with Gasteiger partial charge in [0.1, 0.15) is 18.0 Å². The van der Waals surface area contributed by atoms with Crippen molar-refractivity contribution in [1.29, 1.82) is 0 Å². The van der Waals surface area contributed by atoms with Crippen molar-refractivity contribution in [3.8, 4) is 0 Å². The molecule has 1 aromatic rings. The predicted molar refractivity (Wildman–Crippen MR) is 85.4 cm³/mol. The van der Waals surface area contributed by atoms with Gasteiger partial charge in [-0.2, -0.15) is 0 Å². The number of piperidine rings is 1. The molecule has 2 heterocycles. The third-order valence-corrected chi connectivity index (χ3v) is 3.92. The van der Waals surface area contributed by atoms with Crippen LogP contribution in [0.1, 0.15) is 52.0 Å². The Balaban J connectivity index is 2.25. The summed E-state index contributed by atoms with van der Waals surface area (Å²) in [7, 11) is 0. The van der Waals surface area contributed by atoms with Crippen molar-refractivity contribution >= 4 is 11.6 Å². The molecule has 1 aliphatic heterocycles. The normalized spacial score (nSPS) is 19.1. The molecule has 1 fully saturated rings. The van der Waals surface area contributed by atoms with E-state index in [1.807, 2.05) is 0 Å². The lowest BCUT2D eigenvalue weighted by Gasteiger charge is -2.33. The van der Waals surface area contributed by atoms with Crippen LogP contribution in [0.25, 0.3) is 0 Å². The largest absolute Gasteiger partial charge is 0.370 e. The van der Waals surface area contributed by atoms with Gasteiger partial charge < -0.3 is 10.2 Å². The fourth-order valence-corrected chi connectivity index (χ4v) is 2.93. The summed E-state index contributed by atoms with van der Waals surface area (Å²) in [4.78, 5) is 11.5. The number of hydrogen-bond acceptors (Lipinski definition) is 4. The van der Waals surface area contributed by atoms with Crippen molar-refractivity contribution in [3.05, 3.63) is 11.9 Å². The zero-order valence-corrected chi connectivity index (χ0v) is 13.2. The molecule has 1 aliphatic rings. The van der Waals surface area contributed by atoms with Gasteiger partial charge in [-0.15, -0.1) is 0 Å². The van der Waals surface area contributed by atoms with Crippen LogP contribution in [0.4, 0.5) is 11.6 Å². The molecule has 4 nitrogen and oxygen atoms in total. The Morgan fingerprint density at radius 3 is 2.85 bits per heavy atom. The second-order valence-electron chi connectivity index (χ2n) is 5.89. The van der Waals surface area contributed by atoms with E-state index in [2.05, 4.69) is 41.0 Å². The number of anilines is 2. The minimum atomic E-state index is 0.764. The standard InChI is InChI=1S/C16H28N4/c1-4-7-14-15(17-9-5-2)18-12-19-16(14)20-10-6-8-13(3)11-20/h12-13H,4-11H2,1-3H3,(H,17,18,19). The molecule has 0 saturated carbocycles. The summed E-state index contributed by atoms with van der Waals surface area (Å²) in [6, 6.07) is 0. The summed E-state index contributed by atoms with van der Waals surface area (Å²) in [6.07, 6.45) is 7.62. The van der Waals surface area contributed by atoms with Crippen molar-refractivity contribution in [1.82, 2.24) is 9.97 Å². The summed E-state index contributed by atoms with van der Waals surface area (Å²) in [5.74, 6) is 2.96. The smallest absolute Gasteiger partial charge is 0.137 e. The van der Waals surface area contributed by atoms with E-state index in [0.29, 0.717) is 0 Å². The first kappa shape index (κ1) is 15.1. The van der Waals surface area contributed by atoms with E-state index in [0.717, 1.165) is 56.5 Å². The van der Waals surface area contributed by atoms with Gasteiger partial charge in [0.15, 0.2) is 0 Å². The van der Waals surface area contributed by atoms with Crippen LogP contribution in [-0.4, -0.2) is 29.6 Å². The Morgan fingerprint density at radius 2 is 2.15 bits per heavy atom. The molecule has 2 rings (SSSR count). The zero-order valence-electron chi connectivity index (χ0n) is 13.2. The Kier molecular flexibility index (Phi) is 5.62. The van der Waals surface area contributed by atoms with Crippen LogP contribution in [0.5, 0.6) is 0 Å². The molecule has 1 aromatic heterocycles. The van der Waals surface area contributed by atoms with Crippen LogP contribution in [0.2, 0.25) is 0 Å². The highest BCUT2D eigenvalue weighted by Gasteiger charge is 2.21. The second-order valence-corrected chi connectivity index (χ2v) is 5.89. The third-order valence-electron chi connectivity index (χ3n) is 3.92. The van der Waals surface area contributed by atoms with Crippen molar-refractivity contribution < 1.29 is 0 Å². The number of nitrogens with one attached hydrogen (secondary N) is 1. The SMILES string of the molecule is CCCNc1ncnc(N2CCCC(C)C2)c1CCC. The molecule has 0 aliphatic carbocycles. The fraction of sp³-hybridized carbons (Fsp3) is 0.750. The van der Waals surface area contributed by atoms with Crippen molar-refractivity contribution in [3.63, 3.8) is 0 Å². The predicted octanol–water partition coefficient (Wildman–Crippen LogP) is 3.49. The maximum atomic E-state index is 4.60. The second kappa shape index (κ2) is 7.46. The zero-order chi connectivity index (χ0) is 14.4. The van der Waals surface area contributed by atoms with Crippen molar-refractivity contribution in [2.24, 2.45) is 5.92 Å². The highest BCUT2D eigenvalue weighted by atomic mass is 15.2. The van der Waals surface area contributed by atoms with Gasteiger partial charge in [-0.25, -0.2) is 9.97 Å². The molecule has 1 N–H and O–H groups in total. The van der Waals surface area contributed by atoms with Crippen molar-refractivity contribution in [2.45, 2.75) is 52.9 Å². The first-order valence-electron chi connectivity index (χ1n) is 8.08. The van der Waals surface area contributed by atoms with Gasteiger partial charge in [-0.1, -0.05) is 27.2 Å².